The summed E-state index contributed by atoms with van der Waals surface area (Å²) in [4.78, 5) is 12.3. The number of amides is 1. The minimum absolute atomic E-state index is 0.0522. The summed E-state index contributed by atoms with van der Waals surface area (Å²) in [7, 11) is 1.68. The van der Waals surface area contributed by atoms with E-state index in [4.69, 9.17) is 16.9 Å². The number of nitrogens with zero attached hydrogens (tertiary/aromatic N) is 1. The van der Waals surface area contributed by atoms with Crippen molar-refractivity contribution in [2.45, 2.75) is 0 Å². The van der Waals surface area contributed by atoms with Crippen LogP contribution in [0.15, 0.2) is 36.4 Å². The van der Waals surface area contributed by atoms with Gasteiger partial charge in [-0.25, -0.2) is 4.39 Å². The van der Waals surface area contributed by atoms with Crippen molar-refractivity contribution in [3.63, 3.8) is 0 Å². The predicted molar refractivity (Wildman–Crippen MR) is 80.1 cm³/mol. The van der Waals surface area contributed by atoms with Gasteiger partial charge in [0, 0.05) is 17.8 Å². The molecule has 0 aliphatic rings. The topological polar surface area (TPSA) is 64.9 Å². The molecule has 1 amide bonds. The van der Waals surface area contributed by atoms with Crippen molar-refractivity contribution in [3.8, 4) is 6.07 Å². The van der Waals surface area contributed by atoms with Crippen LogP contribution in [0.5, 0.6) is 0 Å². The zero-order valence-electron chi connectivity index (χ0n) is 11.1. The zero-order valence-corrected chi connectivity index (χ0v) is 11.8. The number of nitriles is 1. The van der Waals surface area contributed by atoms with Crippen LogP contribution in [0.2, 0.25) is 5.02 Å². The highest BCUT2D eigenvalue weighted by atomic mass is 35.5. The van der Waals surface area contributed by atoms with Crippen molar-refractivity contribution in [2.75, 3.05) is 17.7 Å². The first-order valence-electron chi connectivity index (χ1n) is 6.03. The Labute approximate surface area is 126 Å². The van der Waals surface area contributed by atoms with E-state index in [1.54, 1.807) is 19.2 Å². The van der Waals surface area contributed by atoms with Crippen molar-refractivity contribution in [1.29, 1.82) is 5.26 Å². The van der Waals surface area contributed by atoms with Crippen molar-refractivity contribution in [3.05, 3.63) is 58.4 Å². The first-order chi connectivity index (χ1) is 10.0. The summed E-state index contributed by atoms with van der Waals surface area (Å²) < 4.78 is 13.1. The number of carbonyl (C=O) groups excluding carboxylic acids is 1. The largest absolute Gasteiger partial charge is 0.387 e. The number of nitrogens with one attached hydrogen (secondary N) is 2. The fourth-order valence-corrected chi connectivity index (χ4v) is 2.00. The highest BCUT2D eigenvalue weighted by Crippen LogP contribution is 2.23. The molecule has 106 valence electrons. The maximum atomic E-state index is 13.1. The van der Waals surface area contributed by atoms with Crippen LogP contribution in [-0.4, -0.2) is 13.0 Å². The number of hydrogen-bond donors (Lipinski definition) is 2. The van der Waals surface area contributed by atoms with Crippen LogP contribution in [0.3, 0.4) is 0 Å². The summed E-state index contributed by atoms with van der Waals surface area (Å²) in [6, 6.07) is 10.3. The van der Waals surface area contributed by atoms with Crippen molar-refractivity contribution in [1.82, 2.24) is 0 Å². The van der Waals surface area contributed by atoms with Gasteiger partial charge in [-0.15, -0.1) is 0 Å². The van der Waals surface area contributed by atoms with Crippen LogP contribution in [0.25, 0.3) is 0 Å². The number of hydrogen-bond acceptors (Lipinski definition) is 3. The summed E-state index contributed by atoms with van der Waals surface area (Å²) in [5.74, 6) is -0.979. The van der Waals surface area contributed by atoms with Crippen LogP contribution in [0.4, 0.5) is 15.8 Å². The second-order valence-corrected chi connectivity index (χ2v) is 4.63. The Morgan fingerprint density at radius 2 is 1.95 bits per heavy atom. The average molecular weight is 304 g/mol. The molecule has 0 aliphatic carbocycles. The molecular weight excluding hydrogens is 293 g/mol. The molecule has 0 atom stereocenters. The van der Waals surface area contributed by atoms with Gasteiger partial charge in [0.05, 0.1) is 16.8 Å². The average Bonchev–Trinajstić information content (AvgIpc) is 2.48. The van der Waals surface area contributed by atoms with E-state index < -0.39 is 11.7 Å². The molecule has 0 unspecified atom stereocenters. The molecule has 0 saturated carbocycles. The van der Waals surface area contributed by atoms with Crippen LogP contribution in [-0.2, 0) is 0 Å². The first-order valence-corrected chi connectivity index (χ1v) is 6.41. The van der Waals surface area contributed by atoms with Gasteiger partial charge in [-0.1, -0.05) is 11.6 Å². The van der Waals surface area contributed by atoms with E-state index in [1.165, 1.54) is 18.2 Å². The van der Waals surface area contributed by atoms with Gasteiger partial charge in [-0.2, -0.15) is 5.26 Å². The maximum absolute atomic E-state index is 13.1. The van der Waals surface area contributed by atoms with Crippen molar-refractivity contribution >= 4 is 28.9 Å². The van der Waals surface area contributed by atoms with E-state index in [0.29, 0.717) is 16.3 Å². The lowest BCUT2D eigenvalue weighted by atomic mass is 10.1. The Balaban J connectivity index is 2.35. The molecule has 0 fully saturated rings. The third-order valence-electron chi connectivity index (χ3n) is 2.85. The summed E-state index contributed by atoms with van der Waals surface area (Å²) in [6.07, 6.45) is 0. The molecule has 6 heteroatoms. The number of carbonyl (C=O) groups is 1. The van der Waals surface area contributed by atoms with Gasteiger partial charge >= 0.3 is 0 Å². The summed E-state index contributed by atoms with van der Waals surface area (Å²) in [5, 5.41) is 14.8. The van der Waals surface area contributed by atoms with Crippen molar-refractivity contribution in [2.24, 2.45) is 0 Å². The van der Waals surface area contributed by atoms with Gasteiger partial charge in [0.15, 0.2) is 0 Å². The highest BCUT2D eigenvalue weighted by Gasteiger charge is 2.14. The molecule has 2 aromatic carbocycles. The normalized spacial score (nSPS) is 9.81. The lowest BCUT2D eigenvalue weighted by Crippen LogP contribution is -2.15. The lowest BCUT2D eigenvalue weighted by Gasteiger charge is -2.11. The van der Waals surface area contributed by atoms with Crippen LogP contribution in [0, 0.1) is 17.1 Å². The zero-order chi connectivity index (χ0) is 15.4. The quantitative estimate of drug-likeness (QED) is 0.909. The van der Waals surface area contributed by atoms with E-state index in [0.717, 1.165) is 6.07 Å². The van der Waals surface area contributed by atoms with Gasteiger partial charge in [0.25, 0.3) is 5.91 Å². The number of benzene rings is 2. The molecule has 2 N–H and O–H groups in total. The van der Waals surface area contributed by atoms with E-state index >= 15 is 0 Å². The molecule has 0 spiro atoms. The van der Waals surface area contributed by atoms with Gasteiger partial charge in [0.2, 0.25) is 0 Å². The molecular formula is C15H11ClFN3O. The molecule has 4 nitrogen and oxygen atoms in total. The van der Waals surface area contributed by atoms with E-state index in [9.17, 15) is 9.18 Å². The molecule has 2 aromatic rings. The third-order valence-corrected chi connectivity index (χ3v) is 3.08. The Morgan fingerprint density at radius 1 is 1.24 bits per heavy atom. The molecule has 21 heavy (non-hydrogen) atoms. The van der Waals surface area contributed by atoms with Gasteiger partial charge < -0.3 is 10.6 Å². The standard InChI is InChI=1S/C15H11ClFN3O/c1-19-14-4-2-10(16)7-12(14)15(21)20-13-5-3-11(17)6-9(13)8-18/h2-7,19H,1H3,(H,20,21). The van der Waals surface area contributed by atoms with Crippen LogP contribution >= 0.6 is 11.6 Å². The van der Waals surface area contributed by atoms with E-state index in [-0.39, 0.29) is 11.3 Å². The molecule has 2 rings (SSSR count). The Kier molecular flexibility index (Phi) is 4.41. The minimum atomic E-state index is -0.539. The van der Waals surface area contributed by atoms with Crippen molar-refractivity contribution < 1.29 is 9.18 Å². The molecule has 0 aromatic heterocycles. The van der Waals surface area contributed by atoms with E-state index in [1.807, 2.05) is 6.07 Å². The first kappa shape index (κ1) is 14.8. The molecule has 0 aliphatic heterocycles. The Morgan fingerprint density at radius 3 is 2.62 bits per heavy atom. The second-order valence-electron chi connectivity index (χ2n) is 4.20. The van der Waals surface area contributed by atoms with Crippen LogP contribution < -0.4 is 10.6 Å². The number of halogens is 2. The van der Waals surface area contributed by atoms with Gasteiger partial charge in [-0.3, -0.25) is 4.79 Å². The fraction of sp³-hybridized carbons (Fsp3) is 0.0667. The molecule has 0 radical (unpaired) electrons. The van der Waals surface area contributed by atoms with Crippen LogP contribution in [0.1, 0.15) is 15.9 Å². The summed E-state index contributed by atoms with van der Waals surface area (Å²) >= 11 is 5.89. The van der Waals surface area contributed by atoms with E-state index in [2.05, 4.69) is 10.6 Å². The lowest BCUT2D eigenvalue weighted by molar-refractivity contribution is 0.102. The Bertz CT molecular complexity index is 740. The smallest absolute Gasteiger partial charge is 0.257 e. The SMILES string of the molecule is CNc1ccc(Cl)cc1C(=O)Nc1ccc(F)cc1C#N. The molecule has 0 heterocycles. The highest BCUT2D eigenvalue weighted by molar-refractivity contribution is 6.31. The molecule has 0 bridgehead atoms. The second kappa shape index (κ2) is 6.25. The minimum Gasteiger partial charge on any atom is -0.387 e. The summed E-state index contributed by atoms with van der Waals surface area (Å²) in [5.41, 5.74) is 1.22. The third kappa shape index (κ3) is 3.30. The number of rotatable bonds is 3. The fourth-order valence-electron chi connectivity index (χ4n) is 1.83. The van der Waals surface area contributed by atoms with Gasteiger partial charge in [0.1, 0.15) is 11.9 Å². The predicted octanol–water partition coefficient (Wildman–Crippen LogP) is 3.64. The Hall–Kier alpha value is -2.58. The maximum Gasteiger partial charge on any atom is 0.257 e. The van der Waals surface area contributed by atoms with Gasteiger partial charge in [-0.05, 0) is 36.4 Å². The monoisotopic (exact) mass is 303 g/mol. The molecule has 0 saturated heterocycles. The number of anilines is 2. The summed E-state index contributed by atoms with van der Waals surface area (Å²) in [6.45, 7) is 0.